The van der Waals surface area contributed by atoms with Crippen LogP contribution in [0.1, 0.15) is 30.9 Å². The van der Waals surface area contributed by atoms with Crippen LogP contribution in [0.2, 0.25) is 0 Å². The maximum absolute atomic E-state index is 15.2. The van der Waals surface area contributed by atoms with Crippen LogP contribution in [0.3, 0.4) is 0 Å². The zero-order chi connectivity index (χ0) is 31.6. The first kappa shape index (κ1) is 31.2. The third-order valence-electron chi connectivity index (χ3n) is 8.46. The second-order valence-corrected chi connectivity index (χ2v) is 12.3. The van der Waals surface area contributed by atoms with E-state index in [1.54, 1.807) is 36.7 Å². The van der Waals surface area contributed by atoms with Gasteiger partial charge in [-0.15, -0.1) is 0 Å². The first-order valence-corrected chi connectivity index (χ1v) is 15.7. The summed E-state index contributed by atoms with van der Waals surface area (Å²) in [5, 5.41) is 0.563. The van der Waals surface area contributed by atoms with Gasteiger partial charge in [-0.25, -0.2) is 13.8 Å². The number of hydrogen-bond donors (Lipinski definition) is 0. The van der Waals surface area contributed by atoms with Crippen molar-refractivity contribution in [3.05, 3.63) is 88.2 Å². The lowest BCUT2D eigenvalue weighted by Gasteiger charge is -2.32. The molecule has 3 heterocycles. The summed E-state index contributed by atoms with van der Waals surface area (Å²) in [5.74, 6) is -0.727. The third kappa shape index (κ3) is 6.90. The lowest BCUT2D eigenvalue weighted by Crippen LogP contribution is -2.45. The van der Waals surface area contributed by atoms with Crippen LogP contribution in [0.15, 0.2) is 65.4 Å². The van der Waals surface area contributed by atoms with Gasteiger partial charge in [-0.3, -0.25) is 19.5 Å². The minimum atomic E-state index is -1.06. The Morgan fingerprint density at radius 1 is 1.02 bits per heavy atom. The van der Waals surface area contributed by atoms with Crippen molar-refractivity contribution < 1.29 is 32.6 Å². The number of Topliss-reactive ketones (excluding diaryl/α,β-unsaturated/α-hetero) is 2. The molecule has 0 bridgehead atoms. The van der Waals surface area contributed by atoms with Crippen LogP contribution in [-0.4, -0.2) is 65.4 Å². The van der Waals surface area contributed by atoms with Crippen molar-refractivity contribution in [3.63, 3.8) is 0 Å². The van der Waals surface area contributed by atoms with E-state index in [0.717, 1.165) is 13.1 Å². The van der Waals surface area contributed by atoms with E-state index >= 15 is 4.39 Å². The maximum Gasteiger partial charge on any atom is 0.230 e. The Morgan fingerprint density at radius 3 is 2.47 bits per heavy atom. The second kappa shape index (κ2) is 13.3. The predicted molar refractivity (Wildman–Crippen MR) is 167 cm³/mol. The van der Waals surface area contributed by atoms with Crippen molar-refractivity contribution >= 4 is 38.4 Å². The number of carbonyl (C=O) groups is 2. The molecule has 8 nitrogen and oxygen atoms in total. The highest BCUT2D eigenvalue weighted by molar-refractivity contribution is 9.10. The largest absolute Gasteiger partial charge is 0.475 e. The van der Waals surface area contributed by atoms with Gasteiger partial charge in [0.1, 0.15) is 22.6 Å². The monoisotopic (exact) mass is 679 g/mol. The SMILES string of the molecule is C[C@@H]1COCCN1CCOc1ncc2c(Oc3ccc(CC(=O)C4(C(=O)Cc5ccc(F)cc5)CC4)cc3F)ccnc2c1Br. The second-order valence-electron chi connectivity index (χ2n) is 11.5. The summed E-state index contributed by atoms with van der Waals surface area (Å²) in [5.41, 5.74) is 0.601. The number of halogens is 3. The molecular formula is C34H32BrF2N3O5. The van der Waals surface area contributed by atoms with Gasteiger partial charge in [-0.05, 0) is 77.2 Å². The fraction of sp³-hybridized carbons (Fsp3) is 0.353. The average molecular weight is 681 g/mol. The number of fused-ring (bicyclic) bond motifs is 1. The fourth-order valence-corrected chi connectivity index (χ4v) is 6.12. The smallest absolute Gasteiger partial charge is 0.230 e. The van der Waals surface area contributed by atoms with Crippen molar-refractivity contribution in [2.75, 3.05) is 32.9 Å². The Morgan fingerprint density at radius 2 is 1.76 bits per heavy atom. The van der Waals surface area contributed by atoms with E-state index in [1.807, 2.05) is 0 Å². The number of carbonyl (C=O) groups excluding carboxylic acids is 2. The molecule has 1 saturated heterocycles. The molecule has 0 N–H and O–H groups in total. The van der Waals surface area contributed by atoms with Gasteiger partial charge in [-0.2, -0.15) is 0 Å². The number of nitrogens with zero attached hydrogens (tertiary/aromatic N) is 3. The summed E-state index contributed by atoms with van der Waals surface area (Å²) in [7, 11) is 0. The number of morpholine rings is 1. The standard InChI is InChI=1S/C34H32BrF2N3O5/c1-21-20-43-14-12-40(21)13-15-44-33-31(35)32-25(19-39-33)27(8-11-38-32)45-28-7-4-23(16-26(28)37)18-30(42)34(9-10-34)29(41)17-22-2-5-24(36)6-3-22/h2-8,11,16,19,21H,9-10,12-15,17-18,20H2,1H3/t21-/m1/s1. The maximum atomic E-state index is 15.2. The molecule has 1 saturated carbocycles. The van der Waals surface area contributed by atoms with Crippen LogP contribution in [0.5, 0.6) is 17.4 Å². The molecular weight excluding hydrogens is 648 g/mol. The van der Waals surface area contributed by atoms with Crippen molar-refractivity contribution in [1.82, 2.24) is 14.9 Å². The van der Waals surface area contributed by atoms with Crippen LogP contribution in [-0.2, 0) is 27.2 Å². The quantitative estimate of drug-likeness (QED) is 0.162. The zero-order valence-corrected chi connectivity index (χ0v) is 26.3. The molecule has 1 atom stereocenters. The van der Waals surface area contributed by atoms with Crippen molar-refractivity contribution in [1.29, 1.82) is 0 Å². The Labute approximate surface area is 267 Å². The molecule has 234 valence electrons. The van der Waals surface area contributed by atoms with Gasteiger partial charge in [0.25, 0.3) is 0 Å². The van der Waals surface area contributed by atoms with Crippen molar-refractivity contribution in [3.8, 4) is 17.4 Å². The van der Waals surface area contributed by atoms with Crippen LogP contribution >= 0.6 is 15.9 Å². The molecule has 0 radical (unpaired) electrons. The lowest BCUT2D eigenvalue weighted by molar-refractivity contribution is -0.133. The van der Waals surface area contributed by atoms with Crippen molar-refractivity contribution in [2.24, 2.45) is 5.41 Å². The molecule has 6 rings (SSSR count). The van der Waals surface area contributed by atoms with Gasteiger partial charge in [0.2, 0.25) is 5.88 Å². The minimum Gasteiger partial charge on any atom is -0.475 e. The Balaban J connectivity index is 1.10. The van der Waals surface area contributed by atoms with Gasteiger partial charge in [-0.1, -0.05) is 18.2 Å². The Kier molecular flexibility index (Phi) is 9.21. The number of benzene rings is 2. The van der Waals surface area contributed by atoms with E-state index in [0.29, 0.717) is 76.8 Å². The summed E-state index contributed by atoms with van der Waals surface area (Å²) in [6.07, 6.45) is 4.05. The van der Waals surface area contributed by atoms with Crippen LogP contribution in [0.25, 0.3) is 10.9 Å². The van der Waals surface area contributed by atoms with E-state index in [-0.39, 0.29) is 36.0 Å². The molecule has 1 aliphatic carbocycles. The first-order valence-electron chi connectivity index (χ1n) is 14.9. The topological polar surface area (TPSA) is 90.9 Å². The van der Waals surface area contributed by atoms with E-state index < -0.39 is 11.2 Å². The fourth-order valence-electron chi connectivity index (χ4n) is 5.58. The first-order chi connectivity index (χ1) is 21.7. The molecule has 2 aliphatic rings. The molecule has 0 spiro atoms. The molecule has 2 aromatic carbocycles. The molecule has 11 heteroatoms. The van der Waals surface area contributed by atoms with Gasteiger partial charge in [0, 0.05) is 44.4 Å². The highest BCUT2D eigenvalue weighted by Gasteiger charge is 2.54. The molecule has 2 fully saturated rings. The summed E-state index contributed by atoms with van der Waals surface area (Å²) >= 11 is 3.55. The van der Waals surface area contributed by atoms with Crippen LogP contribution in [0, 0.1) is 17.0 Å². The molecule has 0 unspecified atom stereocenters. The normalized spacial score (nSPS) is 17.6. The average Bonchev–Trinajstić information content (AvgIpc) is 3.85. The number of hydrogen-bond acceptors (Lipinski definition) is 8. The zero-order valence-electron chi connectivity index (χ0n) is 24.7. The van der Waals surface area contributed by atoms with Crippen LogP contribution in [0.4, 0.5) is 8.78 Å². The minimum absolute atomic E-state index is 0.0247. The Hall–Kier alpha value is -3.80. The number of ketones is 2. The van der Waals surface area contributed by atoms with E-state index in [4.69, 9.17) is 14.2 Å². The molecule has 45 heavy (non-hydrogen) atoms. The summed E-state index contributed by atoms with van der Waals surface area (Å²) in [6.45, 7) is 5.57. The van der Waals surface area contributed by atoms with E-state index in [2.05, 4.69) is 37.7 Å². The number of rotatable bonds is 12. The molecule has 4 aromatic rings. The van der Waals surface area contributed by atoms with Crippen LogP contribution < -0.4 is 9.47 Å². The molecule has 1 aliphatic heterocycles. The van der Waals surface area contributed by atoms with Gasteiger partial charge >= 0.3 is 0 Å². The van der Waals surface area contributed by atoms with E-state index in [1.165, 1.54) is 24.3 Å². The summed E-state index contributed by atoms with van der Waals surface area (Å²) in [4.78, 5) is 37.3. The van der Waals surface area contributed by atoms with E-state index in [9.17, 15) is 14.0 Å². The van der Waals surface area contributed by atoms with Gasteiger partial charge < -0.3 is 14.2 Å². The number of aromatic nitrogens is 2. The number of ether oxygens (including phenoxy) is 3. The van der Waals surface area contributed by atoms with Crippen molar-refractivity contribution in [2.45, 2.75) is 38.6 Å². The van der Waals surface area contributed by atoms with Gasteiger partial charge in [0.05, 0.1) is 29.5 Å². The third-order valence-corrected chi connectivity index (χ3v) is 9.17. The Bertz CT molecular complexity index is 1730. The predicted octanol–water partition coefficient (Wildman–Crippen LogP) is 6.27. The number of pyridine rings is 2. The lowest BCUT2D eigenvalue weighted by atomic mass is 9.88. The molecule has 2 aromatic heterocycles. The summed E-state index contributed by atoms with van der Waals surface area (Å²) in [6, 6.07) is 12.0. The van der Waals surface area contributed by atoms with Gasteiger partial charge in [0.15, 0.2) is 23.1 Å². The highest BCUT2D eigenvalue weighted by atomic mass is 79.9. The molecule has 0 amide bonds. The highest BCUT2D eigenvalue weighted by Crippen LogP contribution is 2.49. The summed E-state index contributed by atoms with van der Waals surface area (Å²) < 4.78 is 46.4.